The summed E-state index contributed by atoms with van der Waals surface area (Å²) in [7, 11) is 0. The van der Waals surface area contributed by atoms with Gasteiger partial charge in [-0.2, -0.15) is 5.10 Å². The highest BCUT2D eigenvalue weighted by Gasteiger charge is 2.24. The zero-order valence-corrected chi connectivity index (χ0v) is 18.7. The third-order valence-electron chi connectivity index (χ3n) is 6.22. The van der Waals surface area contributed by atoms with E-state index in [0.717, 1.165) is 18.7 Å². The second kappa shape index (κ2) is 9.11. The number of benzene rings is 2. The zero-order valence-electron chi connectivity index (χ0n) is 18.7. The summed E-state index contributed by atoms with van der Waals surface area (Å²) in [5.74, 6) is -0.889. The fourth-order valence-electron chi connectivity index (χ4n) is 4.30. The number of hydrogen-bond acceptors (Lipinski definition) is 6. The molecule has 9 nitrogen and oxygen atoms in total. The normalized spacial score (nSPS) is 15.2. The number of aromatic amines is 1. The van der Waals surface area contributed by atoms with E-state index in [1.807, 2.05) is 38.1 Å². The number of likely N-dealkylation sites (tertiary alicyclic amines) is 1. The van der Waals surface area contributed by atoms with Crippen LogP contribution in [0.3, 0.4) is 0 Å². The molecule has 1 saturated heterocycles. The molecule has 33 heavy (non-hydrogen) atoms. The number of nitrogens with zero attached hydrogens (tertiary/aromatic N) is 3. The highest BCUT2D eigenvalue weighted by molar-refractivity contribution is 5.70. The van der Waals surface area contributed by atoms with E-state index in [0.29, 0.717) is 36.2 Å². The molecule has 3 aromatic rings. The van der Waals surface area contributed by atoms with E-state index in [2.05, 4.69) is 15.1 Å². The fourth-order valence-corrected chi connectivity index (χ4v) is 4.30. The molecule has 1 aliphatic heterocycles. The van der Waals surface area contributed by atoms with Crippen molar-refractivity contribution in [2.45, 2.75) is 39.2 Å². The predicted molar refractivity (Wildman–Crippen MR) is 123 cm³/mol. The molecule has 0 bridgehead atoms. The summed E-state index contributed by atoms with van der Waals surface area (Å²) in [5.41, 5.74) is 2.20. The number of H-pyrrole nitrogens is 1. The summed E-state index contributed by atoms with van der Waals surface area (Å²) < 4.78 is 1.39. The monoisotopic (exact) mass is 452 g/mol. The van der Waals surface area contributed by atoms with Gasteiger partial charge in [0.2, 0.25) is 0 Å². The third kappa shape index (κ3) is 4.63. The molecule has 0 saturated carbocycles. The van der Waals surface area contributed by atoms with Crippen LogP contribution < -0.4 is 5.69 Å². The van der Waals surface area contributed by atoms with Gasteiger partial charge in [0.1, 0.15) is 11.5 Å². The quantitative estimate of drug-likeness (QED) is 0.452. The van der Waals surface area contributed by atoms with Crippen molar-refractivity contribution in [2.24, 2.45) is 5.92 Å². The first kappa shape index (κ1) is 22.6. The molecule has 1 aliphatic rings. The van der Waals surface area contributed by atoms with Gasteiger partial charge in [0, 0.05) is 12.6 Å². The maximum Gasteiger partial charge on any atom is 0.348 e. The Labute approximate surface area is 190 Å². The second-order valence-electron chi connectivity index (χ2n) is 8.83. The van der Waals surface area contributed by atoms with E-state index in [4.69, 9.17) is 5.11 Å². The van der Waals surface area contributed by atoms with Crippen LogP contribution in [-0.4, -0.2) is 54.0 Å². The van der Waals surface area contributed by atoms with Gasteiger partial charge >= 0.3 is 11.7 Å². The highest BCUT2D eigenvalue weighted by atomic mass is 16.4. The minimum absolute atomic E-state index is 0.00702. The van der Waals surface area contributed by atoms with E-state index in [-0.39, 0.29) is 29.2 Å². The summed E-state index contributed by atoms with van der Waals surface area (Å²) in [4.78, 5) is 25.9. The lowest BCUT2D eigenvalue weighted by atomic mass is 9.97. The molecule has 0 atom stereocenters. The van der Waals surface area contributed by atoms with Crippen LogP contribution >= 0.6 is 0 Å². The summed E-state index contributed by atoms with van der Waals surface area (Å²) >= 11 is 0. The number of phenolic OH excluding ortho intramolecular Hbond substituents is 2. The van der Waals surface area contributed by atoms with E-state index in [1.165, 1.54) is 10.6 Å². The number of aromatic nitrogens is 3. The molecule has 9 heteroatoms. The number of phenols is 2. The molecule has 0 unspecified atom stereocenters. The maximum absolute atomic E-state index is 12.6. The van der Waals surface area contributed by atoms with Gasteiger partial charge in [-0.15, -0.1) is 0 Å². The number of aliphatic carboxylic acids is 1. The van der Waals surface area contributed by atoms with Gasteiger partial charge in [-0.25, -0.2) is 14.5 Å². The van der Waals surface area contributed by atoms with E-state index < -0.39 is 11.7 Å². The molecule has 1 aromatic heterocycles. The largest absolute Gasteiger partial charge is 0.508 e. The molecule has 174 valence electrons. The number of carboxylic acids is 1. The average Bonchev–Trinajstić information content (AvgIpc) is 3.15. The number of piperidine rings is 1. The average molecular weight is 453 g/mol. The van der Waals surface area contributed by atoms with Gasteiger partial charge in [-0.3, -0.25) is 9.69 Å². The smallest absolute Gasteiger partial charge is 0.348 e. The van der Waals surface area contributed by atoms with Crippen molar-refractivity contribution in [3.8, 4) is 28.6 Å². The SMILES string of the molecule is CC(C)c1cc(-c2n[nH]c(=O)n2-c2ccc(CN3CCC(C(=O)O)CC3)cc2)c(O)cc1O. The molecule has 0 amide bonds. The Kier molecular flexibility index (Phi) is 6.24. The van der Waals surface area contributed by atoms with Crippen LogP contribution in [0.5, 0.6) is 11.5 Å². The van der Waals surface area contributed by atoms with Gasteiger partial charge in [0.15, 0.2) is 5.82 Å². The Morgan fingerprint density at radius 1 is 1.12 bits per heavy atom. The van der Waals surface area contributed by atoms with Crippen LogP contribution in [0.1, 0.15) is 43.7 Å². The molecule has 2 aromatic carbocycles. The van der Waals surface area contributed by atoms with Crippen LogP contribution in [0, 0.1) is 5.92 Å². The first-order chi connectivity index (χ1) is 15.7. The van der Waals surface area contributed by atoms with Crippen molar-refractivity contribution in [3.05, 3.63) is 58.0 Å². The number of nitrogens with one attached hydrogen (secondary N) is 1. The molecule has 0 aliphatic carbocycles. The summed E-state index contributed by atoms with van der Waals surface area (Å²) in [5, 5.41) is 36.3. The topological polar surface area (TPSA) is 132 Å². The zero-order chi connectivity index (χ0) is 23.7. The van der Waals surface area contributed by atoms with Crippen LogP contribution in [0.15, 0.2) is 41.2 Å². The van der Waals surface area contributed by atoms with Crippen molar-refractivity contribution in [1.29, 1.82) is 0 Å². The van der Waals surface area contributed by atoms with Crippen molar-refractivity contribution in [2.75, 3.05) is 13.1 Å². The van der Waals surface area contributed by atoms with Crippen molar-refractivity contribution in [1.82, 2.24) is 19.7 Å². The lowest BCUT2D eigenvalue weighted by molar-refractivity contribution is -0.143. The molecule has 4 rings (SSSR count). The Morgan fingerprint density at radius 2 is 1.79 bits per heavy atom. The predicted octanol–water partition coefficient (Wildman–Crippen LogP) is 3.06. The summed E-state index contributed by atoms with van der Waals surface area (Å²) in [6.45, 7) is 6.04. The second-order valence-corrected chi connectivity index (χ2v) is 8.83. The first-order valence-electron chi connectivity index (χ1n) is 11.0. The van der Waals surface area contributed by atoms with Crippen LogP contribution in [0.2, 0.25) is 0 Å². The van der Waals surface area contributed by atoms with Crippen molar-refractivity contribution in [3.63, 3.8) is 0 Å². The fraction of sp³-hybridized carbons (Fsp3) is 0.375. The number of rotatable bonds is 6. The molecular formula is C24H28N4O5. The lowest BCUT2D eigenvalue weighted by Crippen LogP contribution is -2.35. The minimum atomic E-state index is -0.722. The summed E-state index contributed by atoms with van der Waals surface area (Å²) in [6, 6.07) is 10.4. The number of aromatic hydroxyl groups is 2. The van der Waals surface area contributed by atoms with Gasteiger partial charge in [0.25, 0.3) is 0 Å². The van der Waals surface area contributed by atoms with E-state index in [9.17, 15) is 19.8 Å². The van der Waals surface area contributed by atoms with Gasteiger partial charge in [-0.05, 0) is 61.2 Å². The van der Waals surface area contributed by atoms with Crippen LogP contribution in [0.25, 0.3) is 17.1 Å². The Balaban J connectivity index is 1.58. The summed E-state index contributed by atoms with van der Waals surface area (Å²) in [6.07, 6.45) is 1.30. The number of carboxylic acid groups (broad SMARTS) is 1. The number of carbonyl (C=O) groups is 1. The maximum atomic E-state index is 12.6. The van der Waals surface area contributed by atoms with Crippen molar-refractivity contribution >= 4 is 5.97 Å². The lowest BCUT2D eigenvalue weighted by Gasteiger charge is -2.30. The van der Waals surface area contributed by atoms with Crippen LogP contribution in [-0.2, 0) is 11.3 Å². The van der Waals surface area contributed by atoms with E-state index in [1.54, 1.807) is 6.07 Å². The van der Waals surface area contributed by atoms with Gasteiger partial charge in [0.05, 0.1) is 17.2 Å². The molecule has 0 spiro atoms. The molecule has 2 heterocycles. The number of hydrogen-bond donors (Lipinski definition) is 4. The van der Waals surface area contributed by atoms with Gasteiger partial charge in [-0.1, -0.05) is 26.0 Å². The molecule has 0 radical (unpaired) electrons. The van der Waals surface area contributed by atoms with E-state index >= 15 is 0 Å². The first-order valence-corrected chi connectivity index (χ1v) is 11.0. The molecular weight excluding hydrogens is 424 g/mol. The third-order valence-corrected chi connectivity index (χ3v) is 6.22. The Bertz CT molecular complexity index is 1200. The van der Waals surface area contributed by atoms with Gasteiger partial charge < -0.3 is 15.3 Å². The molecule has 1 fully saturated rings. The highest BCUT2D eigenvalue weighted by Crippen LogP contribution is 2.37. The Morgan fingerprint density at radius 3 is 2.39 bits per heavy atom. The minimum Gasteiger partial charge on any atom is -0.508 e. The van der Waals surface area contributed by atoms with Crippen LogP contribution in [0.4, 0.5) is 0 Å². The Hall–Kier alpha value is -3.59. The standard InChI is InChI=1S/C24H28N4O5/c1-14(2)18-11-19(21(30)12-20(18)29)22-25-26-24(33)28(22)17-5-3-15(4-6-17)13-27-9-7-16(8-10-27)23(31)32/h3-6,11-12,14,16,29-30H,7-10,13H2,1-2H3,(H,26,33)(H,31,32). The van der Waals surface area contributed by atoms with Crippen molar-refractivity contribution < 1.29 is 20.1 Å². The molecule has 4 N–H and O–H groups in total.